The van der Waals surface area contributed by atoms with Crippen LogP contribution < -0.4 is 5.32 Å². The van der Waals surface area contributed by atoms with E-state index in [0.717, 1.165) is 38.5 Å². The van der Waals surface area contributed by atoms with E-state index in [1.165, 1.54) is 167 Å². The van der Waals surface area contributed by atoms with Crippen LogP contribution in [0.1, 0.15) is 226 Å². The second-order valence-electron chi connectivity index (χ2n) is 14.7. The van der Waals surface area contributed by atoms with Crippen molar-refractivity contribution in [1.29, 1.82) is 0 Å². The van der Waals surface area contributed by atoms with E-state index in [4.69, 9.17) is 9.79 Å². The summed E-state index contributed by atoms with van der Waals surface area (Å²) in [5, 5.41) is 13.4. The van der Waals surface area contributed by atoms with Crippen LogP contribution in [-0.4, -0.2) is 39.6 Å². The molecule has 0 aliphatic carbocycles. The Morgan fingerprint density at radius 1 is 0.571 bits per heavy atom. The first-order valence-corrected chi connectivity index (χ1v) is 22.7. The summed E-state index contributed by atoms with van der Waals surface area (Å²) in [6.07, 6.45) is 43.7. The van der Waals surface area contributed by atoms with Crippen molar-refractivity contribution in [3.8, 4) is 0 Å². The fourth-order valence-electron chi connectivity index (χ4n) is 6.52. The maximum atomic E-state index is 12.6. The number of phosphoric ester groups is 1. The third-order valence-electron chi connectivity index (χ3n) is 9.75. The summed E-state index contributed by atoms with van der Waals surface area (Å²) in [5.74, 6) is -0.222. The number of unbranched alkanes of at least 4 members (excludes halogenated alkanes) is 30. The number of phosphoric acid groups is 1. The van der Waals surface area contributed by atoms with Gasteiger partial charge in [-0.3, -0.25) is 9.32 Å². The van der Waals surface area contributed by atoms with Crippen LogP contribution in [0.5, 0.6) is 0 Å². The molecule has 0 aromatic heterocycles. The Morgan fingerprint density at radius 3 is 1.24 bits per heavy atom. The first-order valence-electron chi connectivity index (χ1n) is 21.1. The van der Waals surface area contributed by atoms with E-state index in [9.17, 15) is 14.5 Å². The van der Waals surface area contributed by atoms with Crippen LogP contribution >= 0.6 is 7.82 Å². The molecule has 4 N–H and O–H groups in total. The highest BCUT2D eigenvalue weighted by molar-refractivity contribution is 7.46. The molecule has 0 spiro atoms. The Bertz CT molecular complexity index is 773. The normalized spacial score (nSPS) is 13.3. The highest BCUT2D eigenvalue weighted by Gasteiger charge is 2.24. The van der Waals surface area contributed by atoms with Gasteiger partial charge in [-0.25, -0.2) is 4.57 Å². The molecule has 2 atom stereocenters. The van der Waals surface area contributed by atoms with Gasteiger partial charge in [0.15, 0.2) is 0 Å². The lowest BCUT2D eigenvalue weighted by molar-refractivity contribution is -0.123. The zero-order valence-corrected chi connectivity index (χ0v) is 33.3. The van der Waals surface area contributed by atoms with Crippen molar-refractivity contribution >= 4 is 13.7 Å². The summed E-state index contributed by atoms with van der Waals surface area (Å²) < 4.78 is 15.9. The van der Waals surface area contributed by atoms with Crippen molar-refractivity contribution in [1.82, 2.24) is 5.32 Å². The van der Waals surface area contributed by atoms with Gasteiger partial charge in [-0.05, 0) is 19.3 Å². The number of aliphatic hydroxyl groups excluding tert-OH is 1. The highest BCUT2D eigenvalue weighted by Crippen LogP contribution is 2.35. The van der Waals surface area contributed by atoms with E-state index in [-0.39, 0.29) is 5.91 Å². The molecule has 0 saturated heterocycles. The fraction of sp³-hybridized carbons (Fsp3) is 0.927. The molecule has 8 heteroatoms. The second-order valence-corrected chi connectivity index (χ2v) is 15.9. The Labute approximate surface area is 303 Å². The molecule has 0 heterocycles. The minimum absolute atomic E-state index is 0.222. The van der Waals surface area contributed by atoms with Gasteiger partial charge in [0.25, 0.3) is 0 Å². The molecule has 0 aromatic carbocycles. The maximum absolute atomic E-state index is 12.6. The average Bonchev–Trinajstić information content (AvgIpc) is 3.07. The summed E-state index contributed by atoms with van der Waals surface area (Å²) in [7, 11) is -4.71. The zero-order valence-electron chi connectivity index (χ0n) is 32.4. The number of carbonyl (C=O) groups excluding carboxylic acids is 1. The van der Waals surface area contributed by atoms with Crippen LogP contribution in [0.4, 0.5) is 0 Å². The number of amides is 1. The van der Waals surface area contributed by atoms with Gasteiger partial charge in [0.2, 0.25) is 5.91 Å². The SMILES string of the molecule is CCCCCCCCCCCCCCC/C=C/[C@@H](O)[C@H](COP(=O)(O)O)NC(=O)CCCCCCCCCCCCCCCCCCCC. The lowest BCUT2D eigenvalue weighted by atomic mass is 10.0. The summed E-state index contributed by atoms with van der Waals surface area (Å²) in [6.45, 7) is 4.09. The lowest BCUT2D eigenvalue weighted by Crippen LogP contribution is -2.45. The molecule has 0 unspecified atom stereocenters. The zero-order chi connectivity index (χ0) is 36.1. The number of hydrogen-bond acceptors (Lipinski definition) is 4. The van der Waals surface area contributed by atoms with Crippen molar-refractivity contribution in [2.24, 2.45) is 0 Å². The third-order valence-corrected chi connectivity index (χ3v) is 10.2. The number of nitrogens with one attached hydrogen (secondary N) is 1. The molecule has 0 saturated carbocycles. The van der Waals surface area contributed by atoms with E-state index in [1.807, 2.05) is 6.08 Å². The Kier molecular flexibility index (Phi) is 36.5. The average molecular weight is 716 g/mol. The van der Waals surface area contributed by atoms with Crippen molar-refractivity contribution in [3.05, 3.63) is 12.2 Å². The van der Waals surface area contributed by atoms with Gasteiger partial charge in [0.1, 0.15) is 0 Å². The summed E-state index contributed by atoms with van der Waals surface area (Å²) in [5.41, 5.74) is 0. The van der Waals surface area contributed by atoms with Crippen LogP contribution in [0.2, 0.25) is 0 Å². The van der Waals surface area contributed by atoms with Gasteiger partial charge in [-0.1, -0.05) is 212 Å². The van der Waals surface area contributed by atoms with Gasteiger partial charge >= 0.3 is 7.82 Å². The Balaban J connectivity index is 3.93. The summed E-state index contributed by atoms with van der Waals surface area (Å²) in [4.78, 5) is 30.9. The second kappa shape index (κ2) is 37.1. The van der Waals surface area contributed by atoms with E-state index >= 15 is 0 Å². The van der Waals surface area contributed by atoms with Gasteiger partial charge in [0.05, 0.1) is 18.8 Å². The van der Waals surface area contributed by atoms with Crippen molar-refractivity contribution in [3.63, 3.8) is 0 Å². The predicted molar refractivity (Wildman–Crippen MR) is 209 cm³/mol. The summed E-state index contributed by atoms with van der Waals surface area (Å²) >= 11 is 0. The molecule has 7 nitrogen and oxygen atoms in total. The Morgan fingerprint density at radius 2 is 0.898 bits per heavy atom. The largest absolute Gasteiger partial charge is 0.469 e. The number of carbonyl (C=O) groups is 1. The topological polar surface area (TPSA) is 116 Å². The van der Waals surface area contributed by atoms with Crippen molar-refractivity contribution in [2.75, 3.05) is 6.61 Å². The molecule has 49 heavy (non-hydrogen) atoms. The van der Waals surface area contributed by atoms with Gasteiger partial charge in [0, 0.05) is 6.42 Å². The van der Waals surface area contributed by atoms with Crippen LogP contribution in [0.15, 0.2) is 12.2 Å². The molecule has 0 radical (unpaired) electrons. The number of rotatable bonds is 39. The lowest BCUT2D eigenvalue weighted by Gasteiger charge is -2.22. The molecule has 1 amide bonds. The van der Waals surface area contributed by atoms with Crippen LogP contribution in [0.25, 0.3) is 0 Å². The van der Waals surface area contributed by atoms with Crippen LogP contribution in [0.3, 0.4) is 0 Å². The molecular weight excluding hydrogens is 633 g/mol. The predicted octanol–water partition coefficient (Wildman–Crippen LogP) is 12.4. The van der Waals surface area contributed by atoms with Gasteiger partial charge in [-0.2, -0.15) is 0 Å². The number of hydrogen-bond donors (Lipinski definition) is 4. The highest BCUT2D eigenvalue weighted by atomic mass is 31.2. The van der Waals surface area contributed by atoms with Crippen molar-refractivity contribution < 1.29 is 28.8 Å². The minimum atomic E-state index is -4.71. The molecule has 0 bridgehead atoms. The first kappa shape index (κ1) is 48.3. The molecular formula is C41H82NO6P. The van der Waals surface area contributed by atoms with Crippen molar-refractivity contribution in [2.45, 2.75) is 238 Å². The van der Waals surface area contributed by atoms with Crippen LogP contribution in [-0.2, 0) is 13.9 Å². The van der Waals surface area contributed by atoms with E-state index in [1.54, 1.807) is 6.08 Å². The molecule has 292 valence electrons. The van der Waals surface area contributed by atoms with E-state index in [0.29, 0.717) is 6.42 Å². The molecule has 0 fully saturated rings. The molecule has 0 aromatic rings. The quantitative estimate of drug-likeness (QED) is 0.0286. The molecule has 0 rings (SSSR count). The molecule has 0 aliphatic heterocycles. The maximum Gasteiger partial charge on any atom is 0.469 e. The number of aliphatic hydroxyl groups is 1. The monoisotopic (exact) mass is 716 g/mol. The Hall–Kier alpha value is -0.720. The van der Waals surface area contributed by atoms with Gasteiger partial charge < -0.3 is 20.2 Å². The van der Waals surface area contributed by atoms with E-state index < -0.39 is 26.6 Å². The minimum Gasteiger partial charge on any atom is -0.387 e. The summed E-state index contributed by atoms with van der Waals surface area (Å²) in [6, 6.07) is -0.904. The standard InChI is InChI=1S/C41H82NO6P/c1-3-5-7-9-11-13-15-17-19-20-21-23-25-27-29-31-33-35-37-41(44)42-39(38-48-49(45,46)47)40(43)36-34-32-30-28-26-24-22-18-16-14-12-10-8-6-4-2/h34,36,39-40,43H,3-33,35,37-38H2,1-2H3,(H,42,44)(H2,45,46,47)/b36-34+/t39-,40+/m0/s1. The number of allylic oxidation sites excluding steroid dienone is 1. The smallest absolute Gasteiger partial charge is 0.387 e. The fourth-order valence-corrected chi connectivity index (χ4v) is 6.87. The molecule has 0 aliphatic rings. The van der Waals surface area contributed by atoms with Gasteiger partial charge in [-0.15, -0.1) is 0 Å². The van der Waals surface area contributed by atoms with Crippen LogP contribution in [0, 0.1) is 0 Å². The third kappa shape index (κ3) is 38.3. The first-order chi connectivity index (χ1) is 23.8. The van der Waals surface area contributed by atoms with E-state index in [2.05, 4.69) is 23.7 Å².